The van der Waals surface area contributed by atoms with E-state index >= 15 is 0 Å². The Morgan fingerprint density at radius 2 is 0.852 bits per heavy atom. The van der Waals surface area contributed by atoms with Crippen LogP contribution < -0.4 is 5.32 Å². The van der Waals surface area contributed by atoms with Gasteiger partial charge in [0.05, 0.1) is 72.7 Å². The Bertz CT molecular complexity index is 240. The Morgan fingerprint density at radius 3 is 1.26 bits per heavy atom. The molecule has 0 aromatic rings. The highest BCUT2D eigenvalue weighted by molar-refractivity contribution is 6.17. The number of ether oxygens (including phenoxy) is 6. The van der Waals surface area contributed by atoms with Crippen LogP contribution in [-0.4, -0.2) is 98.8 Å². The number of nitrogens with one attached hydrogen (secondary N) is 1. The number of hydrogen-bond donors (Lipinski definition) is 1. The van der Waals surface area contributed by atoms with Crippen molar-refractivity contribution in [3.8, 4) is 0 Å². The van der Waals surface area contributed by atoms with Gasteiger partial charge in [-0.25, -0.2) is 0 Å². The van der Waals surface area contributed by atoms with Gasteiger partial charge in [-0.05, 0) is 19.9 Å². The van der Waals surface area contributed by atoms with Crippen LogP contribution in [-0.2, 0) is 28.4 Å². The van der Waals surface area contributed by atoms with Gasteiger partial charge in [-0.1, -0.05) is 12.8 Å². The molecule has 0 aliphatic rings. The predicted molar refractivity (Wildman–Crippen MR) is 108 cm³/mol. The first-order valence-electron chi connectivity index (χ1n) is 10.1. The maximum absolute atomic E-state index is 5.62. The van der Waals surface area contributed by atoms with Crippen LogP contribution in [0.2, 0.25) is 0 Å². The molecule has 0 unspecified atom stereocenters. The van der Waals surface area contributed by atoms with E-state index in [2.05, 4.69) is 5.32 Å². The Kier molecular flexibility index (Phi) is 26.0. The quantitative estimate of drug-likeness (QED) is 0.192. The van der Waals surface area contributed by atoms with Crippen molar-refractivity contribution in [3.63, 3.8) is 0 Å². The molecule has 164 valence electrons. The Balaban J connectivity index is 2.95. The average Bonchev–Trinajstić information content (AvgIpc) is 2.68. The molecule has 1 N–H and O–H groups in total. The van der Waals surface area contributed by atoms with Crippen LogP contribution in [0.3, 0.4) is 0 Å². The molecular weight excluding hydrogens is 374 g/mol. The molecule has 8 heteroatoms. The Hall–Kier alpha value is 0.01000. The molecule has 0 saturated heterocycles. The maximum atomic E-state index is 5.62. The third kappa shape index (κ3) is 26.0. The van der Waals surface area contributed by atoms with Crippen molar-refractivity contribution in [3.05, 3.63) is 0 Å². The largest absolute Gasteiger partial charge is 0.379 e. The van der Waals surface area contributed by atoms with Crippen LogP contribution in [0.5, 0.6) is 0 Å². The first-order chi connectivity index (χ1) is 13.4. The molecule has 0 aromatic heterocycles. The fourth-order valence-corrected chi connectivity index (χ4v) is 2.22. The molecule has 0 radical (unpaired) electrons. The van der Waals surface area contributed by atoms with Gasteiger partial charge < -0.3 is 33.7 Å². The first-order valence-corrected chi connectivity index (χ1v) is 10.6. The monoisotopic (exact) mass is 413 g/mol. The lowest BCUT2D eigenvalue weighted by molar-refractivity contribution is -0.0166. The van der Waals surface area contributed by atoms with Crippen LogP contribution in [0.15, 0.2) is 0 Å². The predicted octanol–water partition coefficient (Wildman–Crippen LogP) is 2.10. The standard InChI is InChI=1S/C19H40ClNO6/c1-21-7-9-23-11-13-25-15-17-27-19-18-26-16-14-24-12-10-22-8-5-3-2-4-6-20/h21H,2-19H2,1H3. The fourth-order valence-electron chi connectivity index (χ4n) is 2.03. The molecule has 0 bridgehead atoms. The lowest BCUT2D eigenvalue weighted by atomic mass is 10.2. The molecule has 0 fully saturated rings. The third-order valence-corrected chi connectivity index (χ3v) is 3.80. The van der Waals surface area contributed by atoms with Crippen molar-refractivity contribution in [2.24, 2.45) is 0 Å². The lowest BCUT2D eigenvalue weighted by Gasteiger charge is -2.08. The van der Waals surface area contributed by atoms with E-state index in [4.69, 9.17) is 40.0 Å². The summed E-state index contributed by atoms with van der Waals surface area (Å²) in [5.41, 5.74) is 0. The zero-order chi connectivity index (χ0) is 19.7. The molecule has 7 nitrogen and oxygen atoms in total. The number of hydrogen-bond acceptors (Lipinski definition) is 7. The second kappa shape index (κ2) is 26.0. The number of alkyl halides is 1. The molecule has 0 aliphatic carbocycles. The molecule has 0 spiro atoms. The van der Waals surface area contributed by atoms with E-state index in [0.29, 0.717) is 72.7 Å². The molecule has 0 rings (SSSR count). The highest BCUT2D eigenvalue weighted by atomic mass is 35.5. The van der Waals surface area contributed by atoms with Gasteiger partial charge in [-0.3, -0.25) is 0 Å². The number of halogens is 1. The minimum Gasteiger partial charge on any atom is -0.379 e. The first kappa shape index (κ1) is 27.0. The molecular formula is C19H40ClNO6. The normalized spacial score (nSPS) is 11.3. The summed E-state index contributed by atoms with van der Waals surface area (Å²) in [5, 5.41) is 3.02. The van der Waals surface area contributed by atoms with Crippen LogP contribution in [0, 0.1) is 0 Å². The number of unbranched alkanes of at least 4 members (excludes halogenated alkanes) is 3. The fraction of sp³-hybridized carbons (Fsp3) is 1.00. The second-order valence-corrected chi connectivity index (χ2v) is 6.26. The van der Waals surface area contributed by atoms with E-state index in [1.54, 1.807) is 0 Å². The maximum Gasteiger partial charge on any atom is 0.0701 e. The summed E-state index contributed by atoms with van der Waals surface area (Å²) in [6.07, 6.45) is 4.55. The van der Waals surface area contributed by atoms with Crippen LogP contribution in [0.1, 0.15) is 25.7 Å². The van der Waals surface area contributed by atoms with Gasteiger partial charge in [0.25, 0.3) is 0 Å². The Labute approximate surface area is 170 Å². The summed E-state index contributed by atoms with van der Waals surface area (Å²) < 4.78 is 32.5. The number of rotatable bonds is 24. The molecule has 0 heterocycles. The van der Waals surface area contributed by atoms with Crippen molar-refractivity contribution in [1.82, 2.24) is 5.32 Å². The highest BCUT2D eigenvalue weighted by Gasteiger charge is 1.94. The van der Waals surface area contributed by atoms with Crippen LogP contribution in [0.25, 0.3) is 0 Å². The van der Waals surface area contributed by atoms with Crippen molar-refractivity contribution in [2.45, 2.75) is 25.7 Å². The molecule has 0 aromatic carbocycles. The zero-order valence-electron chi connectivity index (χ0n) is 17.1. The van der Waals surface area contributed by atoms with Crippen molar-refractivity contribution < 1.29 is 28.4 Å². The molecule has 0 atom stereocenters. The van der Waals surface area contributed by atoms with E-state index in [0.717, 1.165) is 31.9 Å². The summed E-state index contributed by atoms with van der Waals surface area (Å²) >= 11 is 5.62. The highest BCUT2D eigenvalue weighted by Crippen LogP contribution is 2.01. The SMILES string of the molecule is CNCCOCCOCCOCCOCCOCCOCCCCCCCl. The van der Waals surface area contributed by atoms with Gasteiger partial charge in [0.15, 0.2) is 0 Å². The molecule has 0 saturated carbocycles. The lowest BCUT2D eigenvalue weighted by Crippen LogP contribution is -2.17. The summed E-state index contributed by atoms with van der Waals surface area (Å²) in [6, 6.07) is 0. The van der Waals surface area contributed by atoms with E-state index in [1.807, 2.05) is 7.05 Å². The van der Waals surface area contributed by atoms with Crippen molar-refractivity contribution >= 4 is 11.6 Å². The summed E-state index contributed by atoms with van der Waals surface area (Å²) in [5.74, 6) is 0.755. The number of likely N-dealkylation sites (N-methyl/N-ethyl adjacent to an activating group) is 1. The topological polar surface area (TPSA) is 67.4 Å². The third-order valence-electron chi connectivity index (χ3n) is 3.53. The molecule has 0 amide bonds. The summed E-state index contributed by atoms with van der Waals surface area (Å²) in [7, 11) is 1.90. The van der Waals surface area contributed by atoms with Crippen molar-refractivity contribution in [1.29, 1.82) is 0 Å². The molecule has 27 heavy (non-hydrogen) atoms. The smallest absolute Gasteiger partial charge is 0.0701 e. The molecule has 0 aliphatic heterocycles. The average molecular weight is 414 g/mol. The van der Waals surface area contributed by atoms with Gasteiger partial charge in [0.2, 0.25) is 0 Å². The van der Waals surface area contributed by atoms with E-state index in [-0.39, 0.29) is 0 Å². The second-order valence-electron chi connectivity index (χ2n) is 5.88. The van der Waals surface area contributed by atoms with E-state index in [1.165, 1.54) is 12.8 Å². The minimum absolute atomic E-state index is 0.564. The van der Waals surface area contributed by atoms with Gasteiger partial charge in [-0.15, -0.1) is 11.6 Å². The summed E-state index contributed by atoms with van der Waals surface area (Å²) in [4.78, 5) is 0. The minimum atomic E-state index is 0.564. The Morgan fingerprint density at radius 1 is 0.481 bits per heavy atom. The van der Waals surface area contributed by atoms with Gasteiger partial charge in [0, 0.05) is 19.0 Å². The van der Waals surface area contributed by atoms with E-state index < -0.39 is 0 Å². The summed E-state index contributed by atoms with van der Waals surface area (Å²) in [6.45, 7) is 8.25. The van der Waals surface area contributed by atoms with Gasteiger partial charge in [-0.2, -0.15) is 0 Å². The van der Waals surface area contributed by atoms with Gasteiger partial charge >= 0.3 is 0 Å². The zero-order valence-corrected chi connectivity index (χ0v) is 17.8. The van der Waals surface area contributed by atoms with E-state index in [9.17, 15) is 0 Å². The van der Waals surface area contributed by atoms with Crippen LogP contribution >= 0.6 is 11.6 Å². The van der Waals surface area contributed by atoms with Crippen molar-refractivity contribution in [2.75, 3.05) is 98.8 Å². The van der Waals surface area contributed by atoms with Crippen LogP contribution in [0.4, 0.5) is 0 Å². The van der Waals surface area contributed by atoms with Gasteiger partial charge in [0.1, 0.15) is 0 Å².